The lowest BCUT2D eigenvalue weighted by molar-refractivity contribution is -0.389. The Kier molecular flexibility index (Phi) is 5.60. The fourth-order valence-corrected chi connectivity index (χ4v) is 2.42. The van der Waals surface area contributed by atoms with E-state index in [9.17, 15) is 10.1 Å². The van der Waals surface area contributed by atoms with E-state index in [1.165, 1.54) is 11.8 Å². The van der Waals surface area contributed by atoms with Crippen molar-refractivity contribution in [2.24, 2.45) is 0 Å². The van der Waals surface area contributed by atoms with Crippen LogP contribution in [0.5, 0.6) is 0 Å². The Labute approximate surface area is 108 Å². The van der Waals surface area contributed by atoms with Gasteiger partial charge in [-0.1, -0.05) is 11.8 Å². The zero-order valence-corrected chi connectivity index (χ0v) is 11.0. The first-order valence-electron chi connectivity index (χ1n) is 4.86. The van der Waals surface area contributed by atoms with Crippen molar-refractivity contribution < 1.29 is 9.66 Å². The Balaban J connectivity index is 2.85. The van der Waals surface area contributed by atoms with Crippen molar-refractivity contribution in [1.82, 2.24) is 9.97 Å². The monoisotopic (exact) mass is 277 g/mol. The number of aryl methyl sites for hydroxylation is 1. The Morgan fingerprint density at radius 1 is 1.53 bits per heavy atom. The summed E-state index contributed by atoms with van der Waals surface area (Å²) in [5.74, 6) is 0.682. The minimum atomic E-state index is -0.482. The molecule has 8 heteroatoms. The van der Waals surface area contributed by atoms with Gasteiger partial charge in [-0.05, 0) is 24.9 Å². The molecular formula is C9H12ClN3O3S. The molecule has 0 aromatic carbocycles. The summed E-state index contributed by atoms with van der Waals surface area (Å²) in [6.07, 6.45) is 0.791. The third-order valence-electron chi connectivity index (χ3n) is 1.91. The van der Waals surface area contributed by atoms with Gasteiger partial charge in [-0.3, -0.25) is 10.1 Å². The fourth-order valence-electron chi connectivity index (χ4n) is 1.19. The number of methoxy groups -OCH3 is 1. The van der Waals surface area contributed by atoms with Crippen LogP contribution >= 0.6 is 23.4 Å². The highest BCUT2D eigenvalue weighted by molar-refractivity contribution is 7.99. The lowest BCUT2D eigenvalue weighted by Crippen LogP contribution is -2.01. The standard InChI is InChI=1S/C9H12ClN3O3S/c1-6-7(13(14)15)8(12-9(10)11-6)17-5-3-4-16-2/h3-5H2,1-2H3. The van der Waals surface area contributed by atoms with Crippen molar-refractivity contribution in [2.75, 3.05) is 19.5 Å². The molecule has 0 unspecified atom stereocenters. The summed E-state index contributed by atoms with van der Waals surface area (Å²) in [4.78, 5) is 18.1. The quantitative estimate of drug-likeness (QED) is 0.198. The van der Waals surface area contributed by atoms with Crippen molar-refractivity contribution in [1.29, 1.82) is 0 Å². The number of nitro groups is 1. The molecule has 0 amide bonds. The number of thioether (sulfide) groups is 1. The lowest BCUT2D eigenvalue weighted by Gasteiger charge is -2.04. The minimum Gasteiger partial charge on any atom is -0.385 e. The third-order valence-corrected chi connectivity index (χ3v) is 3.13. The first-order chi connectivity index (χ1) is 8.06. The number of nitrogens with zero attached hydrogens (tertiary/aromatic N) is 3. The van der Waals surface area contributed by atoms with E-state index >= 15 is 0 Å². The van der Waals surface area contributed by atoms with Crippen LogP contribution < -0.4 is 0 Å². The average Bonchev–Trinajstić information content (AvgIpc) is 2.22. The molecule has 0 atom stereocenters. The van der Waals surface area contributed by atoms with Gasteiger partial charge in [-0.15, -0.1) is 0 Å². The molecule has 1 heterocycles. The largest absolute Gasteiger partial charge is 0.385 e. The van der Waals surface area contributed by atoms with Gasteiger partial charge in [-0.25, -0.2) is 9.97 Å². The Morgan fingerprint density at radius 3 is 2.82 bits per heavy atom. The minimum absolute atomic E-state index is 0.0299. The molecule has 0 N–H and O–H groups in total. The second-order valence-electron chi connectivity index (χ2n) is 3.18. The average molecular weight is 278 g/mol. The molecule has 0 radical (unpaired) electrons. The van der Waals surface area contributed by atoms with Gasteiger partial charge in [-0.2, -0.15) is 0 Å². The van der Waals surface area contributed by atoms with E-state index in [2.05, 4.69) is 9.97 Å². The van der Waals surface area contributed by atoms with Crippen LogP contribution in [-0.2, 0) is 4.74 Å². The van der Waals surface area contributed by atoms with Gasteiger partial charge in [0.15, 0.2) is 5.03 Å². The van der Waals surface area contributed by atoms with E-state index in [0.29, 0.717) is 17.4 Å². The molecular weight excluding hydrogens is 266 g/mol. The van der Waals surface area contributed by atoms with E-state index < -0.39 is 4.92 Å². The third kappa shape index (κ3) is 4.10. The first-order valence-corrected chi connectivity index (χ1v) is 6.23. The molecule has 6 nitrogen and oxygen atoms in total. The molecule has 0 aliphatic carbocycles. The SMILES string of the molecule is COCCCSc1nc(Cl)nc(C)c1[N+](=O)[O-]. The molecule has 0 fully saturated rings. The van der Waals surface area contributed by atoms with Gasteiger partial charge in [0.25, 0.3) is 0 Å². The summed E-state index contributed by atoms with van der Waals surface area (Å²) >= 11 is 6.97. The zero-order chi connectivity index (χ0) is 12.8. The van der Waals surface area contributed by atoms with Crippen molar-refractivity contribution >= 4 is 29.1 Å². The predicted octanol–water partition coefficient (Wildman–Crippen LogP) is 2.48. The van der Waals surface area contributed by atoms with Crippen LogP contribution in [0, 0.1) is 17.0 Å². The second-order valence-corrected chi connectivity index (χ2v) is 4.61. The van der Waals surface area contributed by atoms with Crippen LogP contribution in [0.4, 0.5) is 5.69 Å². The number of hydrogen-bond donors (Lipinski definition) is 0. The van der Waals surface area contributed by atoms with Crippen LogP contribution in [0.25, 0.3) is 0 Å². The molecule has 0 spiro atoms. The van der Waals surface area contributed by atoms with Gasteiger partial charge in [0.1, 0.15) is 5.69 Å². The van der Waals surface area contributed by atoms with Crippen LogP contribution in [0.2, 0.25) is 5.28 Å². The number of ether oxygens (including phenoxy) is 1. The van der Waals surface area contributed by atoms with Gasteiger partial charge in [0.05, 0.1) is 4.92 Å². The van der Waals surface area contributed by atoms with Crippen molar-refractivity contribution in [3.63, 3.8) is 0 Å². The van der Waals surface area contributed by atoms with Gasteiger partial charge < -0.3 is 4.74 Å². The number of rotatable bonds is 6. The van der Waals surface area contributed by atoms with Gasteiger partial charge in [0.2, 0.25) is 5.28 Å². The summed E-state index contributed by atoms with van der Waals surface area (Å²) in [6.45, 7) is 2.16. The first kappa shape index (κ1) is 14.1. The zero-order valence-electron chi connectivity index (χ0n) is 9.47. The normalized spacial score (nSPS) is 10.5. The molecule has 1 aromatic rings. The lowest BCUT2D eigenvalue weighted by atomic mass is 10.4. The maximum Gasteiger partial charge on any atom is 0.322 e. The smallest absolute Gasteiger partial charge is 0.322 e. The maximum absolute atomic E-state index is 10.9. The second kappa shape index (κ2) is 6.73. The number of halogens is 1. The fraction of sp³-hybridized carbons (Fsp3) is 0.556. The Morgan fingerprint density at radius 2 is 2.24 bits per heavy atom. The van der Waals surface area contributed by atoms with Crippen LogP contribution in [-0.4, -0.2) is 34.4 Å². The van der Waals surface area contributed by atoms with E-state index in [1.54, 1.807) is 14.0 Å². The summed E-state index contributed by atoms with van der Waals surface area (Å²) in [5.41, 5.74) is 0.209. The van der Waals surface area contributed by atoms with E-state index in [-0.39, 0.29) is 16.7 Å². The van der Waals surface area contributed by atoms with Gasteiger partial charge >= 0.3 is 5.69 Å². The molecule has 1 aromatic heterocycles. The predicted molar refractivity (Wildman–Crippen MR) is 65.7 cm³/mol. The molecule has 1 rings (SSSR count). The summed E-state index contributed by atoms with van der Waals surface area (Å²) < 4.78 is 4.90. The summed E-state index contributed by atoms with van der Waals surface area (Å²) in [7, 11) is 1.61. The van der Waals surface area contributed by atoms with Crippen LogP contribution in [0.15, 0.2) is 5.03 Å². The molecule has 0 aliphatic rings. The van der Waals surface area contributed by atoms with Crippen molar-refractivity contribution in [2.45, 2.75) is 18.4 Å². The van der Waals surface area contributed by atoms with Crippen LogP contribution in [0.1, 0.15) is 12.1 Å². The molecule has 0 aliphatic heterocycles. The number of aromatic nitrogens is 2. The molecule has 17 heavy (non-hydrogen) atoms. The van der Waals surface area contributed by atoms with Gasteiger partial charge in [0, 0.05) is 19.5 Å². The highest BCUT2D eigenvalue weighted by atomic mass is 35.5. The summed E-state index contributed by atoms with van der Waals surface area (Å²) in [5, 5.41) is 11.2. The molecule has 0 saturated heterocycles. The Bertz CT molecular complexity index is 417. The maximum atomic E-state index is 10.9. The molecule has 0 bridgehead atoms. The van der Waals surface area contributed by atoms with Crippen molar-refractivity contribution in [3.8, 4) is 0 Å². The summed E-state index contributed by atoms with van der Waals surface area (Å²) in [6, 6.07) is 0. The highest BCUT2D eigenvalue weighted by Gasteiger charge is 2.21. The number of hydrogen-bond acceptors (Lipinski definition) is 6. The van der Waals surface area contributed by atoms with Crippen molar-refractivity contribution in [3.05, 3.63) is 21.1 Å². The van der Waals surface area contributed by atoms with Crippen LogP contribution in [0.3, 0.4) is 0 Å². The molecule has 0 saturated carbocycles. The topological polar surface area (TPSA) is 78.2 Å². The van der Waals surface area contributed by atoms with E-state index in [1.807, 2.05) is 0 Å². The molecule has 94 valence electrons. The van der Waals surface area contributed by atoms with E-state index in [0.717, 1.165) is 6.42 Å². The highest BCUT2D eigenvalue weighted by Crippen LogP contribution is 2.30. The Hall–Kier alpha value is -0.920. The van der Waals surface area contributed by atoms with E-state index in [4.69, 9.17) is 16.3 Å².